The third-order valence-corrected chi connectivity index (χ3v) is 4.98. The van der Waals surface area contributed by atoms with Crippen LogP contribution in [0.5, 0.6) is 5.75 Å². The Labute approximate surface area is 124 Å². The number of halogens is 2. The summed E-state index contributed by atoms with van der Waals surface area (Å²) >= 11 is 6.44. The van der Waals surface area contributed by atoms with E-state index in [0.717, 1.165) is 30.7 Å². The number of alkyl halides is 1. The quantitative estimate of drug-likeness (QED) is 0.790. The fourth-order valence-corrected chi connectivity index (χ4v) is 3.88. The first-order chi connectivity index (χ1) is 9.63. The van der Waals surface area contributed by atoms with Crippen LogP contribution in [0.25, 0.3) is 0 Å². The van der Waals surface area contributed by atoms with Crippen LogP contribution in [0, 0.1) is 5.82 Å². The van der Waals surface area contributed by atoms with E-state index in [4.69, 9.17) is 16.3 Å². The van der Waals surface area contributed by atoms with Gasteiger partial charge in [0.1, 0.15) is 17.7 Å². The summed E-state index contributed by atoms with van der Waals surface area (Å²) in [5, 5.41) is 0.245. The molecule has 2 aliphatic rings. The maximum Gasteiger partial charge on any atom is 0.123 e. The Morgan fingerprint density at radius 3 is 2.95 bits per heavy atom. The van der Waals surface area contributed by atoms with E-state index in [2.05, 4.69) is 11.9 Å². The van der Waals surface area contributed by atoms with E-state index in [1.807, 2.05) is 0 Å². The van der Waals surface area contributed by atoms with Crippen LogP contribution >= 0.6 is 11.6 Å². The lowest BCUT2D eigenvalue weighted by atomic mass is 9.93. The number of ether oxygens (including phenoxy) is 1. The monoisotopic (exact) mass is 297 g/mol. The molecule has 1 fully saturated rings. The molecule has 1 heterocycles. The van der Waals surface area contributed by atoms with E-state index < -0.39 is 0 Å². The molecule has 0 spiro atoms. The van der Waals surface area contributed by atoms with E-state index in [1.54, 1.807) is 12.1 Å². The molecule has 20 heavy (non-hydrogen) atoms. The zero-order valence-corrected chi connectivity index (χ0v) is 12.6. The molecule has 110 valence electrons. The molecule has 0 bridgehead atoms. The van der Waals surface area contributed by atoms with E-state index >= 15 is 0 Å². The summed E-state index contributed by atoms with van der Waals surface area (Å²) in [4.78, 5) is 2.32. The van der Waals surface area contributed by atoms with Crippen molar-refractivity contribution in [3.63, 3.8) is 0 Å². The molecular formula is C16H21ClFNO. The van der Waals surface area contributed by atoms with Crippen LogP contribution < -0.4 is 4.74 Å². The Hall–Kier alpha value is -0.800. The number of fused-ring (bicyclic) bond motifs is 1. The van der Waals surface area contributed by atoms with Crippen molar-refractivity contribution in [2.24, 2.45) is 0 Å². The highest BCUT2D eigenvalue weighted by molar-refractivity contribution is 6.21. The fraction of sp³-hybridized carbons (Fsp3) is 0.625. The van der Waals surface area contributed by atoms with Gasteiger partial charge in [-0.25, -0.2) is 4.39 Å². The van der Waals surface area contributed by atoms with Gasteiger partial charge in [0.15, 0.2) is 0 Å². The third-order valence-electron chi connectivity index (χ3n) is 4.47. The molecule has 1 aromatic rings. The second kappa shape index (κ2) is 5.90. The van der Waals surface area contributed by atoms with Gasteiger partial charge in [-0.3, -0.25) is 4.90 Å². The predicted octanol–water partition coefficient (Wildman–Crippen LogP) is 3.61. The van der Waals surface area contributed by atoms with Crippen molar-refractivity contribution < 1.29 is 9.13 Å². The smallest absolute Gasteiger partial charge is 0.123 e. The zero-order valence-electron chi connectivity index (χ0n) is 11.8. The van der Waals surface area contributed by atoms with Gasteiger partial charge in [-0.15, -0.1) is 11.6 Å². The highest BCUT2D eigenvalue weighted by Crippen LogP contribution is 2.31. The number of rotatable bonds is 3. The number of hydrogen-bond donors (Lipinski definition) is 0. The number of hydrogen-bond acceptors (Lipinski definition) is 2. The van der Waals surface area contributed by atoms with Crippen molar-refractivity contribution in [1.29, 1.82) is 0 Å². The normalized spacial score (nSPS) is 29.3. The van der Waals surface area contributed by atoms with Gasteiger partial charge >= 0.3 is 0 Å². The van der Waals surface area contributed by atoms with Crippen molar-refractivity contribution in [2.45, 2.75) is 49.6 Å². The second-order valence-electron chi connectivity index (χ2n) is 6.00. The Bertz CT molecular complexity index is 482. The van der Waals surface area contributed by atoms with E-state index in [0.29, 0.717) is 6.04 Å². The SMILES string of the molecule is CN(CC1Cc2cc(F)ccc2O1)C1CCCCC1Cl. The molecule has 3 unspecified atom stereocenters. The number of benzene rings is 1. The van der Waals surface area contributed by atoms with Gasteiger partial charge in [0.25, 0.3) is 0 Å². The highest BCUT2D eigenvalue weighted by Gasteiger charge is 2.30. The van der Waals surface area contributed by atoms with Gasteiger partial charge in [-0.1, -0.05) is 12.8 Å². The molecule has 4 heteroatoms. The Morgan fingerprint density at radius 2 is 2.15 bits per heavy atom. The summed E-state index contributed by atoms with van der Waals surface area (Å²) in [7, 11) is 2.12. The fourth-order valence-electron chi connectivity index (χ4n) is 3.41. The first-order valence-corrected chi connectivity index (χ1v) is 7.86. The van der Waals surface area contributed by atoms with E-state index in [1.165, 1.54) is 25.3 Å². The van der Waals surface area contributed by atoms with Crippen molar-refractivity contribution in [1.82, 2.24) is 4.90 Å². The second-order valence-corrected chi connectivity index (χ2v) is 6.56. The molecule has 1 saturated carbocycles. The number of likely N-dealkylation sites (N-methyl/N-ethyl adjacent to an activating group) is 1. The summed E-state index contributed by atoms with van der Waals surface area (Å²) in [5.41, 5.74) is 0.981. The van der Waals surface area contributed by atoms with E-state index in [9.17, 15) is 4.39 Å². The lowest BCUT2D eigenvalue weighted by molar-refractivity contribution is 0.122. The minimum atomic E-state index is -0.186. The van der Waals surface area contributed by atoms with Crippen LogP contribution in [0.1, 0.15) is 31.2 Å². The molecule has 2 nitrogen and oxygen atoms in total. The van der Waals surface area contributed by atoms with Gasteiger partial charge in [-0.05, 0) is 38.1 Å². The first kappa shape index (κ1) is 14.2. The summed E-state index contributed by atoms with van der Waals surface area (Å²) in [6, 6.07) is 5.21. The topological polar surface area (TPSA) is 12.5 Å². The molecule has 0 amide bonds. The molecule has 0 N–H and O–H groups in total. The molecule has 3 atom stereocenters. The van der Waals surface area contributed by atoms with Gasteiger partial charge in [0, 0.05) is 29.9 Å². The summed E-state index contributed by atoms with van der Waals surface area (Å²) in [6.07, 6.45) is 5.67. The largest absolute Gasteiger partial charge is 0.488 e. The molecule has 0 radical (unpaired) electrons. The molecule has 3 rings (SSSR count). The first-order valence-electron chi connectivity index (χ1n) is 7.43. The average Bonchev–Trinajstić information content (AvgIpc) is 2.80. The Kier molecular flexibility index (Phi) is 4.18. The molecule has 0 aromatic heterocycles. The Balaban J connectivity index is 1.59. The highest BCUT2D eigenvalue weighted by atomic mass is 35.5. The van der Waals surface area contributed by atoms with Crippen molar-refractivity contribution in [2.75, 3.05) is 13.6 Å². The molecule has 1 aliphatic heterocycles. The van der Waals surface area contributed by atoms with Crippen molar-refractivity contribution in [3.8, 4) is 5.75 Å². The van der Waals surface area contributed by atoms with Gasteiger partial charge in [-0.2, -0.15) is 0 Å². The van der Waals surface area contributed by atoms with Crippen LogP contribution in [0.3, 0.4) is 0 Å². The summed E-state index contributed by atoms with van der Waals surface area (Å²) in [6.45, 7) is 0.851. The van der Waals surface area contributed by atoms with Crippen molar-refractivity contribution >= 4 is 11.6 Å². The zero-order chi connectivity index (χ0) is 14.1. The standard InChI is InChI=1S/C16H21ClFNO/c1-19(15-5-3-2-4-14(15)17)10-13-9-11-8-12(18)6-7-16(11)20-13/h6-8,13-15H,2-5,9-10H2,1H3. The van der Waals surface area contributed by atoms with Crippen LogP contribution in [-0.4, -0.2) is 36.0 Å². The summed E-state index contributed by atoms with van der Waals surface area (Å²) in [5.74, 6) is 0.644. The summed E-state index contributed by atoms with van der Waals surface area (Å²) < 4.78 is 19.1. The minimum Gasteiger partial charge on any atom is -0.488 e. The lowest BCUT2D eigenvalue weighted by Crippen LogP contribution is -2.45. The number of nitrogens with zero attached hydrogens (tertiary/aromatic N) is 1. The van der Waals surface area contributed by atoms with Crippen LogP contribution in [0.2, 0.25) is 0 Å². The Morgan fingerprint density at radius 1 is 1.35 bits per heavy atom. The predicted molar refractivity (Wildman–Crippen MR) is 79.0 cm³/mol. The average molecular weight is 298 g/mol. The van der Waals surface area contributed by atoms with Gasteiger partial charge < -0.3 is 4.74 Å². The van der Waals surface area contributed by atoms with Crippen LogP contribution in [0.15, 0.2) is 18.2 Å². The molecule has 0 saturated heterocycles. The van der Waals surface area contributed by atoms with Crippen molar-refractivity contribution in [3.05, 3.63) is 29.6 Å². The maximum absolute atomic E-state index is 13.2. The van der Waals surface area contributed by atoms with Crippen LogP contribution in [-0.2, 0) is 6.42 Å². The molecular weight excluding hydrogens is 277 g/mol. The van der Waals surface area contributed by atoms with Crippen LogP contribution in [0.4, 0.5) is 4.39 Å². The van der Waals surface area contributed by atoms with Gasteiger partial charge in [0.2, 0.25) is 0 Å². The molecule has 1 aromatic carbocycles. The van der Waals surface area contributed by atoms with E-state index in [-0.39, 0.29) is 17.3 Å². The molecule has 1 aliphatic carbocycles. The maximum atomic E-state index is 13.2. The lowest BCUT2D eigenvalue weighted by Gasteiger charge is -2.35. The third kappa shape index (κ3) is 2.94. The minimum absolute atomic E-state index is 0.114. The van der Waals surface area contributed by atoms with Gasteiger partial charge in [0.05, 0.1) is 0 Å².